The maximum absolute atomic E-state index is 12.2. The molecule has 1 N–H and O–H groups in total. The third kappa shape index (κ3) is 22.6. The Labute approximate surface area is 530 Å². The fourth-order valence-electron chi connectivity index (χ4n) is 9.89. The first-order valence-electron chi connectivity index (χ1n) is 30.2. The van der Waals surface area contributed by atoms with E-state index in [2.05, 4.69) is 39.2 Å². The summed E-state index contributed by atoms with van der Waals surface area (Å²) in [6.45, 7) is 13.2. The maximum Gasteiger partial charge on any atom is 0.407 e. The van der Waals surface area contributed by atoms with E-state index in [9.17, 15) is 4.79 Å². The predicted molar refractivity (Wildman–Crippen MR) is 341 cm³/mol. The maximum atomic E-state index is 12.2. The Balaban J connectivity index is 1.13. The standard InChI is InChI=1S/C69H86Cl3NO13Si/c1-68(2,3)87(4,5)84-49-58-60(77-43-52-30-16-9-17-31-52)62(79-45-54-34-20-11-21-35-54)64(81-47-56-38-24-13-25-39-56)66(86-58)82-48-57-59(76-42-51-28-14-8-15-29-51)61(78-44-53-32-18-10-19-33-53)63(80-46-55-36-22-12-23-37-55)65(85-57)75-41-27-7-6-26-40-73-67(74)83-50-69(70,71)72/h8-25,28-39,57-66H,6-7,26-27,40-50H2,1-5H3,(H,73,74)/t57-,58-,59+,60+,61+,62+,63-,64-,65-,66?/m1/s1. The summed E-state index contributed by atoms with van der Waals surface area (Å²) in [5, 5.41) is 2.62. The molecule has 470 valence electrons. The summed E-state index contributed by atoms with van der Waals surface area (Å²) in [7, 11) is -2.36. The van der Waals surface area contributed by atoms with Gasteiger partial charge in [0, 0.05) is 13.2 Å². The van der Waals surface area contributed by atoms with Crippen molar-refractivity contribution in [1.29, 1.82) is 0 Å². The Hall–Kier alpha value is -4.76. The van der Waals surface area contributed by atoms with E-state index in [1.54, 1.807) is 0 Å². The number of amides is 1. The van der Waals surface area contributed by atoms with E-state index in [4.69, 9.17) is 91.3 Å². The van der Waals surface area contributed by atoms with E-state index in [-0.39, 0.29) is 64.5 Å². The highest BCUT2D eigenvalue weighted by Gasteiger charge is 2.53. The highest BCUT2D eigenvalue weighted by molar-refractivity contribution is 6.74. The minimum Gasteiger partial charge on any atom is -0.445 e. The number of benzene rings is 6. The van der Waals surface area contributed by atoms with Crippen LogP contribution in [-0.4, -0.2) is 113 Å². The lowest BCUT2D eigenvalue weighted by Gasteiger charge is -2.48. The Morgan fingerprint density at radius 3 is 1.14 bits per heavy atom. The number of carbonyl (C=O) groups excluding carboxylic acids is 1. The number of nitrogens with one attached hydrogen (secondary N) is 1. The van der Waals surface area contributed by atoms with Crippen molar-refractivity contribution in [3.05, 3.63) is 215 Å². The molecule has 2 aliphatic rings. The minimum atomic E-state index is -2.36. The van der Waals surface area contributed by atoms with Crippen molar-refractivity contribution in [2.75, 3.05) is 33.0 Å². The highest BCUT2D eigenvalue weighted by Crippen LogP contribution is 2.39. The van der Waals surface area contributed by atoms with Gasteiger partial charge in [0.1, 0.15) is 55.4 Å². The van der Waals surface area contributed by atoms with Crippen LogP contribution >= 0.6 is 34.8 Å². The largest absolute Gasteiger partial charge is 0.445 e. The third-order valence-corrected chi connectivity index (χ3v) is 20.6. The molecule has 0 spiro atoms. The Bertz CT molecular complexity index is 2850. The second-order valence-corrected chi connectivity index (χ2v) is 30.8. The van der Waals surface area contributed by atoms with E-state index in [0.717, 1.165) is 46.2 Å². The molecular formula is C69H86Cl3NO13Si. The van der Waals surface area contributed by atoms with Crippen molar-refractivity contribution < 1.29 is 61.3 Å². The molecule has 1 unspecified atom stereocenters. The highest BCUT2D eigenvalue weighted by atomic mass is 35.6. The molecule has 8 rings (SSSR count). The number of halogens is 3. The second-order valence-electron chi connectivity index (χ2n) is 23.5. The zero-order valence-corrected chi connectivity index (χ0v) is 53.9. The molecule has 0 saturated carbocycles. The zero-order chi connectivity index (χ0) is 61.3. The minimum absolute atomic E-state index is 0.0559. The molecule has 0 aliphatic carbocycles. The van der Waals surface area contributed by atoms with E-state index in [0.29, 0.717) is 26.0 Å². The van der Waals surface area contributed by atoms with E-state index in [1.165, 1.54) is 0 Å². The lowest BCUT2D eigenvalue weighted by atomic mass is 9.96. The first kappa shape index (κ1) is 68.2. The molecule has 0 bridgehead atoms. The van der Waals surface area contributed by atoms with Crippen LogP contribution in [0.25, 0.3) is 0 Å². The molecular weight excluding hydrogens is 1190 g/mol. The summed E-state index contributed by atoms with van der Waals surface area (Å²) in [6.07, 6.45) is -5.71. The summed E-state index contributed by atoms with van der Waals surface area (Å²) >= 11 is 17.3. The molecule has 87 heavy (non-hydrogen) atoms. The van der Waals surface area contributed by atoms with Gasteiger partial charge >= 0.3 is 6.09 Å². The number of alkyl carbamates (subject to hydrolysis) is 1. The van der Waals surface area contributed by atoms with Crippen LogP contribution in [0.1, 0.15) is 79.8 Å². The van der Waals surface area contributed by atoms with Gasteiger partial charge in [0.25, 0.3) is 0 Å². The van der Waals surface area contributed by atoms with Gasteiger partial charge in [-0.2, -0.15) is 0 Å². The molecule has 2 aliphatic heterocycles. The first-order valence-corrected chi connectivity index (χ1v) is 34.2. The van der Waals surface area contributed by atoms with Crippen molar-refractivity contribution in [3.8, 4) is 0 Å². The van der Waals surface area contributed by atoms with Gasteiger partial charge < -0.3 is 61.8 Å². The molecule has 1 amide bonds. The molecule has 18 heteroatoms. The lowest BCUT2D eigenvalue weighted by molar-refractivity contribution is -0.352. The van der Waals surface area contributed by atoms with E-state index in [1.807, 2.05) is 182 Å². The number of unbranched alkanes of at least 4 members (excludes halogenated alkanes) is 3. The van der Waals surface area contributed by atoms with Gasteiger partial charge in [-0.25, -0.2) is 4.79 Å². The Morgan fingerprint density at radius 1 is 0.437 bits per heavy atom. The molecule has 10 atom stereocenters. The molecule has 2 heterocycles. The van der Waals surface area contributed by atoms with Crippen LogP contribution in [0.15, 0.2) is 182 Å². The summed E-state index contributed by atoms with van der Waals surface area (Å²) in [5.74, 6) is 0. The summed E-state index contributed by atoms with van der Waals surface area (Å²) in [6, 6.07) is 60.2. The van der Waals surface area contributed by atoms with Crippen LogP contribution in [-0.2, 0) is 96.2 Å². The van der Waals surface area contributed by atoms with Crippen LogP contribution in [0.3, 0.4) is 0 Å². The van der Waals surface area contributed by atoms with Crippen LogP contribution in [0, 0.1) is 0 Å². The number of hydrogen-bond acceptors (Lipinski definition) is 13. The average molecular weight is 1270 g/mol. The van der Waals surface area contributed by atoms with Gasteiger partial charge in [0.15, 0.2) is 20.9 Å². The smallest absolute Gasteiger partial charge is 0.407 e. The van der Waals surface area contributed by atoms with Crippen molar-refractivity contribution in [2.45, 2.75) is 169 Å². The fourth-order valence-corrected chi connectivity index (χ4v) is 11.1. The fraction of sp³-hybridized carbons (Fsp3) is 0.464. The van der Waals surface area contributed by atoms with E-state index < -0.39 is 79.6 Å². The number of rotatable bonds is 33. The second kappa shape index (κ2) is 35.0. The van der Waals surface area contributed by atoms with Gasteiger partial charge in [-0.05, 0) is 64.4 Å². The lowest BCUT2D eigenvalue weighted by Crippen LogP contribution is -2.64. The van der Waals surface area contributed by atoms with Crippen molar-refractivity contribution in [3.63, 3.8) is 0 Å². The average Bonchev–Trinajstić information content (AvgIpc) is 1.98. The van der Waals surface area contributed by atoms with Crippen LogP contribution in [0.2, 0.25) is 18.1 Å². The van der Waals surface area contributed by atoms with Gasteiger partial charge in [0.05, 0.1) is 52.9 Å². The molecule has 0 radical (unpaired) electrons. The summed E-state index contributed by atoms with van der Waals surface area (Å²) < 4.78 is 81.3. The monoisotopic (exact) mass is 1270 g/mol. The topological polar surface area (TPSA) is 140 Å². The zero-order valence-electron chi connectivity index (χ0n) is 50.6. The molecule has 6 aromatic carbocycles. The van der Waals surface area contributed by atoms with Gasteiger partial charge in [-0.1, -0.05) is 250 Å². The Kier molecular flexibility index (Phi) is 27.4. The van der Waals surface area contributed by atoms with Gasteiger partial charge in [-0.3, -0.25) is 0 Å². The van der Waals surface area contributed by atoms with E-state index >= 15 is 0 Å². The Morgan fingerprint density at radius 2 is 0.770 bits per heavy atom. The molecule has 14 nitrogen and oxygen atoms in total. The SMILES string of the molecule is CC(C)(C)[Si](C)(C)OC[C@H]1OC(OC[C@H]2O[C@@H](OCCCCCCNC(=O)OCC(Cl)(Cl)Cl)[C@H](OCc3ccccc3)[C@@H](OCc3ccccc3)[C@H]2OCc2ccccc2)[C@H](OCc2ccccc2)[C@@H](OCc2ccccc2)[C@H]1OCc1ccccc1. The van der Waals surface area contributed by atoms with Crippen LogP contribution in [0.5, 0.6) is 0 Å². The molecule has 0 aromatic heterocycles. The van der Waals surface area contributed by atoms with Gasteiger partial charge in [-0.15, -0.1) is 0 Å². The third-order valence-electron chi connectivity index (χ3n) is 15.7. The van der Waals surface area contributed by atoms with Gasteiger partial charge in [0.2, 0.25) is 3.79 Å². The quantitative estimate of drug-likeness (QED) is 0.0238. The number of carbonyl (C=O) groups is 1. The normalized spacial score (nSPS) is 22.6. The molecule has 6 aromatic rings. The van der Waals surface area contributed by atoms with Crippen LogP contribution in [0.4, 0.5) is 4.79 Å². The summed E-state index contributed by atoms with van der Waals surface area (Å²) in [4.78, 5) is 12.2. The van der Waals surface area contributed by atoms with Crippen LogP contribution < -0.4 is 5.32 Å². The predicted octanol–water partition coefficient (Wildman–Crippen LogP) is 14.7. The number of alkyl halides is 3. The molecule has 2 fully saturated rings. The van der Waals surface area contributed by atoms with Crippen molar-refractivity contribution >= 4 is 49.2 Å². The summed E-state index contributed by atoms with van der Waals surface area (Å²) in [5.41, 5.74) is 5.84. The van der Waals surface area contributed by atoms with Crippen molar-refractivity contribution in [1.82, 2.24) is 5.32 Å². The van der Waals surface area contributed by atoms with Crippen molar-refractivity contribution in [2.24, 2.45) is 0 Å². The number of hydrogen-bond donors (Lipinski definition) is 1. The first-order chi connectivity index (χ1) is 42.1. The number of ether oxygens (including phenoxy) is 11. The molecule has 2 saturated heterocycles.